The van der Waals surface area contributed by atoms with Gasteiger partial charge in [0.1, 0.15) is 0 Å². The quantitative estimate of drug-likeness (QED) is 0.441. The maximum Gasteiger partial charge on any atom is 0.0902 e. The maximum atomic E-state index is 4.72. The Balaban J connectivity index is 2.65. The van der Waals surface area contributed by atoms with Crippen LogP contribution in [0.5, 0.6) is 0 Å². The van der Waals surface area contributed by atoms with Gasteiger partial charge in [-0.25, -0.2) is 0 Å². The Bertz CT molecular complexity index is 32.9. The van der Waals surface area contributed by atoms with E-state index in [0.29, 0.717) is 0 Å². The van der Waals surface area contributed by atoms with E-state index in [0.717, 1.165) is 6.26 Å². The molecule has 1 nitrogen and oxygen atoms in total. The molecule has 27 valence electrons. The van der Waals surface area contributed by atoms with Crippen molar-refractivity contribution in [1.82, 2.24) is 0 Å². The van der Waals surface area contributed by atoms with Crippen LogP contribution in [0.1, 0.15) is 0 Å². The monoisotopic (exact) mass is 69.0 g/mol. The van der Waals surface area contributed by atoms with Crippen molar-refractivity contribution in [3.63, 3.8) is 0 Å². The van der Waals surface area contributed by atoms with Crippen molar-refractivity contribution in [2.24, 2.45) is 0 Å². The number of hydrogen-bond donors (Lipinski definition) is 0. The van der Waals surface area contributed by atoms with Crippen molar-refractivity contribution < 1.29 is 4.74 Å². The molecule has 0 atom stereocenters. The van der Waals surface area contributed by atoms with Gasteiger partial charge in [0.2, 0.25) is 0 Å². The summed E-state index contributed by atoms with van der Waals surface area (Å²) in [5.74, 6) is 0. The molecule has 5 heavy (non-hydrogen) atoms. The molecular formula is C4H5O. The van der Waals surface area contributed by atoms with Crippen LogP contribution in [0.2, 0.25) is 0 Å². The van der Waals surface area contributed by atoms with Gasteiger partial charge in [0.15, 0.2) is 0 Å². The molecule has 0 aliphatic carbocycles. The van der Waals surface area contributed by atoms with E-state index in [1.165, 1.54) is 6.26 Å². The zero-order chi connectivity index (χ0) is 4.12. The summed E-state index contributed by atoms with van der Waals surface area (Å²) in [6, 6.07) is 0. The molecule has 0 heterocycles. The average molecular weight is 69.1 g/mol. The fraction of sp³-hybridized carbons (Fsp3) is 0. The molecular weight excluding hydrogens is 64.0 g/mol. The molecule has 0 bridgehead atoms. The highest BCUT2D eigenvalue weighted by Crippen LogP contribution is 1.65. The van der Waals surface area contributed by atoms with Crippen LogP contribution in [0.3, 0.4) is 0 Å². The summed E-state index contributed by atoms with van der Waals surface area (Å²) < 4.78 is 4.25. The topological polar surface area (TPSA) is 9.23 Å². The van der Waals surface area contributed by atoms with Crippen LogP contribution in [0.15, 0.2) is 19.1 Å². The van der Waals surface area contributed by atoms with Crippen molar-refractivity contribution in [3.05, 3.63) is 25.7 Å². The minimum Gasteiger partial charge on any atom is -0.473 e. The van der Waals surface area contributed by atoms with Crippen LogP contribution < -0.4 is 0 Å². The van der Waals surface area contributed by atoms with E-state index in [-0.39, 0.29) is 0 Å². The Hall–Kier alpha value is -0.720. The normalized spacial score (nSPS) is 5.60. The summed E-state index contributed by atoms with van der Waals surface area (Å²) in [7, 11) is 0. The number of rotatable bonds is 2. The Kier molecular flexibility index (Phi) is 2.81. The lowest BCUT2D eigenvalue weighted by Crippen LogP contribution is -1.52. The first kappa shape index (κ1) is 4.28. The average Bonchev–Trinajstić information content (AvgIpc) is 1.41. The van der Waals surface area contributed by atoms with Crippen LogP contribution in [0.25, 0.3) is 0 Å². The first-order valence-corrected chi connectivity index (χ1v) is 1.21. The molecule has 0 unspecified atom stereocenters. The second-order valence-corrected chi connectivity index (χ2v) is 0.439. The summed E-state index contributed by atoms with van der Waals surface area (Å²) in [4.78, 5) is 0. The highest BCUT2D eigenvalue weighted by molar-refractivity contribution is 4.54. The molecule has 1 heteroatoms. The molecule has 0 aromatic rings. The van der Waals surface area contributed by atoms with Gasteiger partial charge in [-0.05, 0) is 6.58 Å². The first-order chi connectivity index (χ1) is 2.41. The molecule has 0 aromatic carbocycles. The van der Waals surface area contributed by atoms with E-state index < -0.39 is 0 Å². The zero-order valence-corrected chi connectivity index (χ0v) is 2.85. The van der Waals surface area contributed by atoms with Crippen molar-refractivity contribution in [1.29, 1.82) is 0 Å². The lowest BCUT2D eigenvalue weighted by atomic mass is 11.1. The maximum absolute atomic E-state index is 4.72. The van der Waals surface area contributed by atoms with E-state index in [1.54, 1.807) is 0 Å². The fourth-order valence-electron chi connectivity index (χ4n) is 0.0556. The highest BCUT2D eigenvalue weighted by atomic mass is 16.5. The van der Waals surface area contributed by atoms with Gasteiger partial charge in [-0.2, -0.15) is 0 Å². The third kappa shape index (κ3) is 3.28. The van der Waals surface area contributed by atoms with E-state index in [4.69, 9.17) is 6.58 Å². The Morgan fingerprint density at radius 1 is 1.80 bits per heavy atom. The molecule has 0 saturated heterocycles. The van der Waals surface area contributed by atoms with Crippen LogP contribution in [0, 0.1) is 6.58 Å². The molecule has 0 saturated carbocycles. The number of hydrogen-bond acceptors (Lipinski definition) is 1. The molecule has 0 aliphatic rings. The van der Waals surface area contributed by atoms with Gasteiger partial charge in [-0.1, -0.05) is 6.58 Å². The summed E-state index contributed by atoms with van der Waals surface area (Å²) in [5.41, 5.74) is 0. The molecule has 0 spiro atoms. The Labute approximate surface area is 31.6 Å². The standard InChI is InChI=1S/C4H5O/c1-3-5-4-2/h1,3-4H,2H2. The Morgan fingerprint density at radius 2 is 2.40 bits per heavy atom. The third-order valence-corrected chi connectivity index (χ3v) is 0.175. The summed E-state index contributed by atoms with van der Waals surface area (Å²) in [6.07, 6.45) is 2.31. The molecule has 0 fully saturated rings. The Morgan fingerprint density at radius 3 is 2.40 bits per heavy atom. The minimum absolute atomic E-state index is 1.06. The van der Waals surface area contributed by atoms with Gasteiger partial charge in [0.05, 0.1) is 12.5 Å². The van der Waals surface area contributed by atoms with Gasteiger partial charge < -0.3 is 4.74 Å². The fourth-order valence-corrected chi connectivity index (χ4v) is 0.0556. The second-order valence-electron chi connectivity index (χ2n) is 0.439. The van der Waals surface area contributed by atoms with Gasteiger partial charge in [-0.3, -0.25) is 0 Å². The highest BCUT2D eigenvalue weighted by Gasteiger charge is 1.46. The van der Waals surface area contributed by atoms with Gasteiger partial charge in [0, 0.05) is 0 Å². The van der Waals surface area contributed by atoms with Gasteiger partial charge >= 0.3 is 0 Å². The van der Waals surface area contributed by atoms with Crippen molar-refractivity contribution >= 4 is 0 Å². The molecule has 0 N–H and O–H groups in total. The molecule has 0 rings (SSSR count). The lowest BCUT2D eigenvalue weighted by Gasteiger charge is -1.76. The zero-order valence-electron chi connectivity index (χ0n) is 2.85. The predicted molar refractivity (Wildman–Crippen MR) is 20.2 cm³/mol. The van der Waals surface area contributed by atoms with Gasteiger partial charge in [-0.15, -0.1) is 0 Å². The van der Waals surface area contributed by atoms with Crippen LogP contribution in [0.4, 0.5) is 0 Å². The van der Waals surface area contributed by atoms with Crippen LogP contribution in [-0.2, 0) is 4.74 Å². The molecule has 0 aliphatic heterocycles. The summed E-state index contributed by atoms with van der Waals surface area (Å²) >= 11 is 0. The van der Waals surface area contributed by atoms with E-state index >= 15 is 0 Å². The lowest BCUT2D eigenvalue weighted by molar-refractivity contribution is 0.405. The summed E-state index contributed by atoms with van der Waals surface area (Å²) in [5, 5.41) is 0. The first-order valence-electron chi connectivity index (χ1n) is 1.21. The summed E-state index contributed by atoms with van der Waals surface area (Å²) in [6.45, 7) is 7.94. The smallest absolute Gasteiger partial charge is 0.0902 e. The van der Waals surface area contributed by atoms with Crippen molar-refractivity contribution in [2.45, 2.75) is 0 Å². The molecule has 0 amide bonds. The second kappa shape index (κ2) is 3.28. The molecule has 0 aromatic heterocycles. The van der Waals surface area contributed by atoms with Gasteiger partial charge in [0.25, 0.3) is 0 Å². The largest absolute Gasteiger partial charge is 0.473 e. The van der Waals surface area contributed by atoms with E-state index in [1.807, 2.05) is 0 Å². The van der Waals surface area contributed by atoms with Crippen LogP contribution >= 0.6 is 0 Å². The van der Waals surface area contributed by atoms with E-state index in [2.05, 4.69) is 11.3 Å². The van der Waals surface area contributed by atoms with Crippen LogP contribution in [-0.4, -0.2) is 0 Å². The SMILES string of the molecule is [CH]=COC=C. The third-order valence-electron chi connectivity index (χ3n) is 0.175. The molecule has 1 radical (unpaired) electrons. The predicted octanol–water partition coefficient (Wildman–Crippen LogP) is 1.09. The minimum atomic E-state index is 1.06. The van der Waals surface area contributed by atoms with Crippen molar-refractivity contribution in [3.8, 4) is 0 Å². The van der Waals surface area contributed by atoms with E-state index in [9.17, 15) is 0 Å². The number of ether oxygens (including phenoxy) is 1. The van der Waals surface area contributed by atoms with Crippen molar-refractivity contribution in [2.75, 3.05) is 0 Å².